The van der Waals surface area contributed by atoms with Crippen LogP contribution in [-0.4, -0.2) is 49.0 Å². The van der Waals surface area contributed by atoms with E-state index in [1.165, 1.54) is 5.56 Å². The molecule has 4 nitrogen and oxygen atoms in total. The van der Waals surface area contributed by atoms with Gasteiger partial charge in [-0.15, -0.1) is 0 Å². The molecule has 1 aliphatic heterocycles. The maximum atomic E-state index is 9.27. The Morgan fingerprint density at radius 1 is 1.41 bits per heavy atom. The highest BCUT2D eigenvalue weighted by molar-refractivity contribution is 5.46. The summed E-state index contributed by atoms with van der Waals surface area (Å²) in [4.78, 5) is 2.27. The molecule has 1 unspecified atom stereocenters. The number of hydrogen-bond donors (Lipinski definition) is 2. The Labute approximate surface area is 102 Å². The lowest BCUT2D eigenvalue weighted by Crippen LogP contribution is -2.48. The lowest BCUT2D eigenvalue weighted by molar-refractivity contribution is -0.0267. The number of para-hydroxylation sites is 1. The zero-order valence-corrected chi connectivity index (χ0v) is 10.0. The van der Waals surface area contributed by atoms with Crippen LogP contribution in [0.25, 0.3) is 0 Å². The fourth-order valence-corrected chi connectivity index (χ4v) is 2.18. The van der Waals surface area contributed by atoms with Gasteiger partial charge in [-0.05, 0) is 18.1 Å². The Kier molecular flexibility index (Phi) is 4.36. The molecule has 94 valence electrons. The number of rotatable bonds is 4. The van der Waals surface area contributed by atoms with Gasteiger partial charge in [-0.3, -0.25) is 4.90 Å². The highest BCUT2D eigenvalue weighted by Crippen LogP contribution is 2.13. The van der Waals surface area contributed by atoms with Gasteiger partial charge in [0, 0.05) is 18.8 Å². The van der Waals surface area contributed by atoms with Crippen molar-refractivity contribution in [1.29, 1.82) is 0 Å². The minimum absolute atomic E-state index is 0.133. The van der Waals surface area contributed by atoms with Crippen molar-refractivity contribution < 1.29 is 9.84 Å². The standard InChI is InChI=1S/C13H20N2O2/c14-13-4-2-1-3-11(13)5-6-15-7-8-17-10-12(15)9-16/h1-4,12,16H,5-10,14H2. The molecule has 1 saturated heterocycles. The van der Waals surface area contributed by atoms with Crippen LogP contribution >= 0.6 is 0 Å². The summed E-state index contributed by atoms with van der Waals surface area (Å²) < 4.78 is 5.35. The van der Waals surface area contributed by atoms with E-state index in [0.29, 0.717) is 6.61 Å². The SMILES string of the molecule is Nc1ccccc1CCN1CCOCC1CO. The number of benzene rings is 1. The molecule has 0 aliphatic carbocycles. The maximum absolute atomic E-state index is 9.27. The predicted octanol–water partition coefficient (Wildman–Crippen LogP) is 0.504. The average Bonchev–Trinajstić information content (AvgIpc) is 2.38. The molecule has 0 saturated carbocycles. The number of aliphatic hydroxyl groups excluding tert-OH is 1. The third kappa shape index (κ3) is 3.19. The molecule has 17 heavy (non-hydrogen) atoms. The highest BCUT2D eigenvalue weighted by Gasteiger charge is 2.21. The van der Waals surface area contributed by atoms with E-state index in [4.69, 9.17) is 10.5 Å². The second-order valence-corrected chi connectivity index (χ2v) is 4.40. The number of ether oxygens (including phenoxy) is 1. The number of nitrogens with zero attached hydrogens (tertiary/aromatic N) is 1. The van der Waals surface area contributed by atoms with E-state index in [0.717, 1.165) is 31.8 Å². The molecule has 1 aromatic rings. The molecular formula is C13H20N2O2. The first-order valence-electron chi connectivity index (χ1n) is 6.07. The summed E-state index contributed by atoms with van der Waals surface area (Å²) in [5, 5.41) is 9.27. The molecule has 1 aromatic carbocycles. The van der Waals surface area contributed by atoms with Crippen molar-refractivity contribution in [2.45, 2.75) is 12.5 Å². The van der Waals surface area contributed by atoms with Crippen LogP contribution < -0.4 is 5.73 Å². The zero-order valence-electron chi connectivity index (χ0n) is 10.0. The van der Waals surface area contributed by atoms with Gasteiger partial charge < -0.3 is 15.6 Å². The lowest BCUT2D eigenvalue weighted by Gasteiger charge is -2.34. The van der Waals surface area contributed by atoms with E-state index in [-0.39, 0.29) is 12.6 Å². The van der Waals surface area contributed by atoms with Crippen molar-refractivity contribution in [2.75, 3.05) is 38.6 Å². The largest absolute Gasteiger partial charge is 0.399 e. The van der Waals surface area contributed by atoms with Crippen LogP contribution in [0, 0.1) is 0 Å². The highest BCUT2D eigenvalue weighted by atomic mass is 16.5. The number of anilines is 1. The summed E-state index contributed by atoms with van der Waals surface area (Å²) in [6.07, 6.45) is 0.920. The Bertz CT molecular complexity index is 357. The Morgan fingerprint density at radius 3 is 3.00 bits per heavy atom. The van der Waals surface area contributed by atoms with E-state index >= 15 is 0 Å². The van der Waals surface area contributed by atoms with Gasteiger partial charge in [0.05, 0.1) is 25.9 Å². The monoisotopic (exact) mass is 236 g/mol. The van der Waals surface area contributed by atoms with Crippen molar-refractivity contribution >= 4 is 5.69 Å². The van der Waals surface area contributed by atoms with Crippen LogP contribution in [0.5, 0.6) is 0 Å². The number of aliphatic hydroxyl groups is 1. The summed E-state index contributed by atoms with van der Waals surface area (Å²) in [5.41, 5.74) is 7.94. The zero-order chi connectivity index (χ0) is 12.1. The Balaban J connectivity index is 1.90. The number of nitrogen functional groups attached to an aromatic ring is 1. The van der Waals surface area contributed by atoms with E-state index in [1.54, 1.807) is 0 Å². The van der Waals surface area contributed by atoms with Crippen LogP contribution in [-0.2, 0) is 11.2 Å². The molecule has 1 heterocycles. The first-order chi connectivity index (χ1) is 8.31. The molecule has 1 aliphatic rings. The van der Waals surface area contributed by atoms with E-state index in [1.807, 2.05) is 18.2 Å². The van der Waals surface area contributed by atoms with Gasteiger partial charge in [0.15, 0.2) is 0 Å². The fraction of sp³-hybridized carbons (Fsp3) is 0.538. The molecule has 0 amide bonds. The van der Waals surface area contributed by atoms with Crippen LogP contribution in [0.3, 0.4) is 0 Å². The molecular weight excluding hydrogens is 216 g/mol. The van der Waals surface area contributed by atoms with Gasteiger partial charge in [0.1, 0.15) is 0 Å². The molecule has 0 radical (unpaired) electrons. The number of nitrogens with two attached hydrogens (primary N) is 1. The predicted molar refractivity (Wildman–Crippen MR) is 67.8 cm³/mol. The number of morpholine rings is 1. The van der Waals surface area contributed by atoms with Crippen LogP contribution in [0.1, 0.15) is 5.56 Å². The van der Waals surface area contributed by atoms with Crippen LogP contribution in [0.4, 0.5) is 5.69 Å². The second-order valence-electron chi connectivity index (χ2n) is 4.40. The average molecular weight is 236 g/mol. The maximum Gasteiger partial charge on any atom is 0.0644 e. The van der Waals surface area contributed by atoms with Gasteiger partial charge in [-0.25, -0.2) is 0 Å². The molecule has 1 fully saturated rings. The van der Waals surface area contributed by atoms with Crippen molar-refractivity contribution in [3.05, 3.63) is 29.8 Å². The first-order valence-corrected chi connectivity index (χ1v) is 6.07. The van der Waals surface area contributed by atoms with Crippen molar-refractivity contribution in [1.82, 2.24) is 4.90 Å². The normalized spacial score (nSPS) is 21.6. The lowest BCUT2D eigenvalue weighted by atomic mass is 10.1. The minimum atomic E-state index is 0.133. The summed E-state index contributed by atoms with van der Waals surface area (Å²) in [6.45, 7) is 3.34. The number of hydrogen-bond acceptors (Lipinski definition) is 4. The molecule has 0 aromatic heterocycles. The summed E-state index contributed by atoms with van der Waals surface area (Å²) in [7, 11) is 0. The van der Waals surface area contributed by atoms with Gasteiger partial charge in [0.2, 0.25) is 0 Å². The molecule has 4 heteroatoms. The quantitative estimate of drug-likeness (QED) is 0.748. The van der Waals surface area contributed by atoms with E-state index in [2.05, 4.69) is 11.0 Å². The van der Waals surface area contributed by atoms with Gasteiger partial charge in [0.25, 0.3) is 0 Å². The molecule has 2 rings (SSSR count). The van der Waals surface area contributed by atoms with Crippen molar-refractivity contribution in [2.24, 2.45) is 0 Å². The first kappa shape index (κ1) is 12.4. The minimum Gasteiger partial charge on any atom is -0.399 e. The van der Waals surface area contributed by atoms with Crippen molar-refractivity contribution in [3.8, 4) is 0 Å². The molecule has 0 spiro atoms. The summed E-state index contributed by atoms with van der Waals surface area (Å²) >= 11 is 0. The smallest absolute Gasteiger partial charge is 0.0644 e. The van der Waals surface area contributed by atoms with Gasteiger partial charge in [-0.2, -0.15) is 0 Å². The summed E-state index contributed by atoms with van der Waals surface area (Å²) in [6, 6.07) is 8.08. The third-order valence-corrected chi connectivity index (χ3v) is 3.28. The third-order valence-electron chi connectivity index (χ3n) is 3.28. The van der Waals surface area contributed by atoms with E-state index in [9.17, 15) is 5.11 Å². The van der Waals surface area contributed by atoms with Crippen LogP contribution in [0.2, 0.25) is 0 Å². The van der Waals surface area contributed by atoms with Gasteiger partial charge in [-0.1, -0.05) is 18.2 Å². The van der Waals surface area contributed by atoms with E-state index < -0.39 is 0 Å². The Hall–Kier alpha value is -1.10. The topological polar surface area (TPSA) is 58.7 Å². The summed E-state index contributed by atoms with van der Waals surface area (Å²) in [5.74, 6) is 0. The molecule has 0 bridgehead atoms. The molecule has 1 atom stereocenters. The van der Waals surface area contributed by atoms with Gasteiger partial charge >= 0.3 is 0 Å². The molecule has 3 N–H and O–H groups in total. The Morgan fingerprint density at radius 2 is 2.24 bits per heavy atom. The fourth-order valence-electron chi connectivity index (χ4n) is 2.18. The van der Waals surface area contributed by atoms with Crippen molar-refractivity contribution in [3.63, 3.8) is 0 Å². The second kappa shape index (κ2) is 6.00. The van der Waals surface area contributed by atoms with Crippen LogP contribution in [0.15, 0.2) is 24.3 Å².